The van der Waals surface area contributed by atoms with Crippen molar-refractivity contribution in [3.63, 3.8) is 0 Å². The minimum atomic E-state index is -1.42. The highest BCUT2D eigenvalue weighted by Gasteiger charge is 2.36. The predicted octanol–water partition coefficient (Wildman–Crippen LogP) is 3.64. The molecule has 0 bridgehead atoms. The van der Waals surface area contributed by atoms with Crippen LogP contribution in [-0.2, 0) is 0 Å². The van der Waals surface area contributed by atoms with Crippen molar-refractivity contribution in [1.29, 1.82) is 0 Å². The van der Waals surface area contributed by atoms with Crippen LogP contribution in [0.2, 0.25) is 0 Å². The van der Waals surface area contributed by atoms with E-state index in [1.54, 1.807) is 0 Å². The molecule has 0 spiro atoms. The van der Waals surface area contributed by atoms with Gasteiger partial charge >= 0.3 is 0 Å². The van der Waals surface area contributed by atoms with Crippen LogP contribution in [0.3, 0.4) is 0 Å². The zero-order valence-electron chi connectivity index (χ0n) is 16.7. The second-order valence-electron chi connectivity index (χ2n) is 8.33. The Bertz CT molecular complexity index is 1300. The van der Waals surface area contributed by atoms with Crippen LogP contribution >= 0.6 is 23.9 Å². The summed E-state index contributed by atoms with van der Waals surface area (Å²) in [5.74, 6) is -3.66. The van der Waals surface area contributed by atoms with Crippen LogP contribution in [0, 0.1) is 23.4 Å². The third-order valence-electron chi connectivity index (χ3n) is 6.24. The zero-order valence-corrected chi connectivity index (χ0v) is 18.3. The number of nitrogens with two attached hydrogens (primary N) is 1. The summed E-state index contributed by atoms with van der Waals surface area (Å²) >= 11 is 0.911. The molecule has 11 heteroatoms. The summed E-state index contributed by atoms with van der Waals surface area (Å²) in [5, 5.41) is -0.957. The third kappa shape index (κ3) is 3.27. The van der Waals surface area contributed by atoms with Gasteiger partial charge in [-0.2, -0.15) is 0 Å². The summed E-state index contributed by atoms with van der Waals surface area (Å²) in [7, 11) is 0. The second-order valence-corrected chi connectivity index (χ2v) is 9.13. The highest BCUT2D eigenvalue weighted by Crippen LogP contribution is 2.43. The van der Waals surface area contributed by atoms with Gasteiger partial charge in [0.2, 0.25) is 5.43 Å². The summed E-state index contributed by atoms with van der Waals surface area (Å²) in [5.41, 5.74) is 3.69. The molecule has 168 valence electrons. The van der Waals surface area contributed by atoms with Gasteiger partial charge in [-0.05, 0) is 36.7 Å². The molecule has 3 heterocycles. The highest BCUT2D eigenvalue weighted by molar-refractivity contribution is 7.12. The number of pyridine rings is 1. The SMILES string of the molecule is CC[C@H]1C[C@H](N)CN(c2c(F)c(F)c3c(=O)c4c(=O)[nH]sc4n(C4CC4)c3c2F)C1.Cl. The van der Waals surface area contributed by atoms with E-state index < -0.39 is 39.5 Å². The first-order valence-corrected chi connectivity index (χ1v) is 10.9. The first kappa shape index (κ1) is 22.2. The molecule has 1 aliphatic carbocycles. The van der Waals surface area contributed by atoms with E-state index in [1.165, 1.54) is 9.47 Å². The molecule has 2 fully saturated rings. The van der Waals surface area contributed by atoms with Crippen LogP contribution in [0.25, 0.3) is 21.1 Å². The smallest absolute Gasteiger partial charge is 0.271 e. The molecular formula is C20H22ClF3N4O2S. The van der Waals surface area contributed by atoms with Gasteiger partial charge in [0, 0.05) is 25.2 Å². The van der Waals surface area contributed by atoms with E-state index >= 15 is 13.2 Å². The number of aromatic amines is 1. The molecule has 31 heavy (non-hydrogen) atoms. The van der Waals surface area contributed by atoms with Crippen LogP contribution in [0.15, 0.2) is 9.59 Å². The van der Waals surface area contributed by atoms with Crippen molar-refractivity contribution in [1.82, 2.24) is 8.94 Å². The number of aromatic nitrogens is 2. The van der Waals surface area contributed by atoms with Crippen molar-refractivity contribution in [2.45, 2.75) is 44.7 Å². The number of rotatable bonds is 3. The highest BCUT2D eigenvalue weighted by atomic mass is 35.5. The van der Waals surface area contributed by atoms with E-state index in [1.807, 2.05) is 6.92 Å². The number of anilines is 1. The lowest BCUT2D eigenvalue weighted by Gasteiger charge is -2.38. The second kappa shape index (κ2) is 7.83. The molecular weight excluding hydrogens is 453 g/mol. The molecule has 3 N–H and O–H groups in total. The van der Waals surface area contributed by atoms with Crippen molar-refractivity contribution in [3.05, 3.63) is 38.0 Å². The number of halogens is 4. The Labute approximate surface area is 185 Å². The van der Waals surface area contributed by atoms with Gasteiger partial charge in [0.15, 0.2) is 17.5 Å². The monoisotopic (exact) mass is 474 g/mol. The van der Waals surface area contributed by atoms with E-state index in [-0.39, 0.29) is 52.7 Å². The maximum Gasteiger partial charge on any atom is 0.271 e. The van der Waals surface area contributed by atoms with Crippen LogP contribution in [0.1, 0.15) is 38.6 Å². The van der Waals surface area contributed by atoms with Crippen molar-refractivity contribution in [2.24, 2.45) is 11.7 Å². The van der Waals surface area contributed by atoms with Gasteiger partial charge in [0.1, 0.15) is 15.9 Å². The first-order valence-electron chi connectivity index (χ1n) is 10.1. The van der Waals surface area contributed by atoms with Gasteiger partial charge in [0.05, 0.1) is 10.9 Å². The molecule has 2 aliphatic rings. The van der Waals surface area contributed by atoms with Gasteiger partial charge in [-0.1, -0.05) is 13.3 Å². The third-order valence-corrected chi connectivity index (χ3v) is 7.12. The molecule has 1 saturated heterocycles. The van der Waals surface area contributed by atoms with Crippen LogP contribution in [0.4, 0.5) is 18.9 Å². The Morgan fingerprint density at radius 1 is 1.10 bits per heavy atom. The summed E-state index contributed by atoms with van der Waals surface area (Å²) in [6.45, 7) is 2.53. The fourth-order valence-corrected chi connectivity index (χ4v) is 5.56. The summed E-state index contributed by atoms with van der Waals surface area (Å²) in [6.07, 6.45) is 2.93. The average Bonchev–Trinajstić information content (AvgIpc) is 3.47. The maximum atomic E-state index is 15.9. The average molecular weight is 475 g/mol. The molecule has 5 rings (SSSR count). The fraction of sp³-hybridized carbons (Fsp3) is 0.500. The fourth-order valence-electron chi connectivity index (χ4n) is 4.64. The maximum absolute atomic E-state index is 15.9. The largest absolute Gasteiger partial charge is 0.365 e. The van der Waals surface area contributed by atoms with Gasteiger partial charge in [-0.15, -0.1) is 12.4 Å². The molecule has 0 radical (unpaired) electrons. The molecule has 1 aromatic carbocycles. The molecule has 0 amide bonds. The molecule has 0 unspecified atom stereocenters. The van der Waals surface area contributed by atoms with Crippen LogP contribution in [-0.4, -0.2) is 28.1 Å². The minimum Gasteiger partial charge on any atom is -0.365 e. The normalized spacial score (nSPS) is 21.6. The van der Waals surface area contributed by atoms with Crippen LogP contribution in [0.5, 0.6) is 0 Å². The Morgan fingerprint density at radius 3 is 2.45 bits per heavy atom. The van der Waals surface area contributed by atoms with Gasteiger partial charge < -0.3 is 15.2 Å². The lowest BCUT2D eigenvalue weighted by molar-refractivity contribution is 0.361. The zero-order chi connectivity index (χ0) is 21.3. The Kier molecular flexibility index (Phi) is 5.60. The van der Waals surface area contributed by atoms with Crippen molar-refractivity contribution in [3.8, 4) is 0 Å². The number of hydrogen-bond acceptors (Lipinski definition) is 5. The molecule has 2 aromatic heterocycles. The number of hydrogen-bond donors (Lipinski definition) is 2. The number of fused-ring (bicyclic) bond motifs is 2. The van der Waals surface area contributed by atoms with Crippen molar-refractivity contribution >= 4 is 50.7 Å². The number of nitrogens with zero attached hydrogens (tertiary/aromatic N) is 2. The quantitative estimate of drug-likeness (QED) is 0.568. The summed E-state index contributed by atoms with van der Waals surface area (Å²) in [6, 6.07) is -0.453. The van der Waals surface area contributed by atoms with Gasteiger partial charge in [-0.25, -0.2) is 13.2 Å². The minimum absolute atomic E-state index is 0. The Balaban J connectivity index is 0.00000231. The van der Waals surface area contributed by atoms with E-state index in [9.17, 15) is 9.59 Å². The number of benzene rings is 1. The van der Waals surface area contributed by atoms with Crippen molar-refractivity contribution in [2.75, 3.05) is 18.0 Å². The number of nitrogens with one attached hydrogen (secondary N) is 1. The standard InChI is InChI=1S/C20H21F3N4O2S.ClH/c1-2-8-5-9(24)7-26(6-8)17-14(22)13(21)11-16(15(17)23)27(10-3-4-10)20-12(18(11)28)19(29)25-30-20;/h8-10H,2-7,24H2,1H3,(H,25,29);1H/t8-,9-;/m0./s1. The Hall–Kier alpha value is -2.04. The molecule has 1 saturated carbocycles. The predicted molar refractivity (Wildman–Crippen MR) is 118 cm³/mol. The van der Waals surface area contributed by atoms with E-state index in [4.69, 9.17) is 5.73 Å². The molecule has 1 aliphatic heterocycles. The summed E-state index contributed by atoms with van der Waals surface area (Å²) in [4.78, 5) is 26.8. The summed E-state index contributed by atoms with van der Waals surface area (Å²) < 4.78 is 50.2. The Morgan fingerprint density at radius 2 is 1.81 bits per heavy atom. The molecule has 6 nitrogen and oxygen atoms in total. The number of H-pyrrole nitrogens is 1. The van der Waals surface area contributed by atoms with Gasteiger partial charge in [0.25, 0.3) is 5.56 Å². The topological polar surface area (TPSA) is 84.1 Å². The number of piperidine rings is 1. The van der Waals surface area contributed by atoms with E-state index in [0.29, 0.717) is 19.4 Å². The first-order chi connectivity index (χ1) is 14.3. The molecule has 2 atom stereocenters. The van der Waals surface area contributed by atoms with E-state index in [2.05, 4.69) is 4.37 Å². The molecule has 3 aromatic rings. The van der Waals surface area contributed by atoms with Gasteiger partial charge in [-0.3, -0.25) is 14.0 Å². The van der Waals surface area contributed by atoms with Crippen molar-refractivity contribution < 1.29 is 13.2 Å². The van der Waals surface area contributed by atoms with Crippen LogP contribution < -0.4 is 21.6 Å². The lowest BCUT2D eigenvalue weighted by Crippen LogP contribution is -2.47. The van der Waals surface area contributed by atoms with E-state index in [0.717, 1.165) is 24.4 Å². The lowest BCUT2D eigenvalue weighted by atomic mass is 9.92.